The van der Waals surface area contributed by atoms with Gasteiger partial charge in [0.05, 0.1) is 11.4 Å². The van der Waals surface area contributed by atoms with Crippen LogP contribution in [0.1, 0.15) is 58.7 Å². The van der Waals surface area contributed by atoms with Gasteiger partial charge in [-0.3, -0.25) is 14.2 Å². The summed E-state index contributed by atoms with van der Waals surface area (Å²) in [6.07, 6.45) is 3.06. The van der Waals surface area contributed by atoms with Crippen LogP contribution in [0.5, 0.6) is 0 Å². The normalized spacial score (nSPS) is 14.0. The summed E-state index contributed by atoms with van der Waals surface area (Å²) in [5.41, 5.74) is 1.38. The summed E-state index contributed by atoms with van der Waals surface area (Å²) in [5, 5.41) is 15.3. The molecule has 7 nitrogen and oxygen atoms in total. The van der Waals surface area contributed by atoms with Crippen LogP contribution in [0.15, 0.2) is 29.4 Å². The van der Waals surface area contributed by atoms with Crippen LogP contribution in [0.3, 0.4) is 0 Å². The van der Waals surface area contributed by atoms with Crippen molar-refractivity contribution < 1.29 is 9.59 Å². The molecule has 0 aliphatic heterocycles. The number of nitrogens with zero attached hydrogens (tertiary/aromatic N) is 3. The van der Waals surface area contributed by atoms with Crippen LogP contribution in [0.25, 0.3) is 5.69 Å². The Balaban J connectivity index is 1.82. The lowest BCUT2D eigenvalue weighted by Crippen LogP contribution is -2.43. The monoisotopic (exact) mass is 401 g/mol. The fraction of sp³-hybridized carbons (Fsp3) is 0.500. The van der Waals surface area contributed by atoms with Gasteiger partial charge in [0.2, 0.25) is 11.8 Å². The van der Waals surface area contributed by atoms with Crippen molar-refractivity contribution in [2.75, 3.05) is 11.1 Å². The molecule has 0 bridgehead atoms. The van der Waals surface area contributed by atoms with Crippen LogP contribution in [0.2, 0.25) is 0 Å². The topological polar surface area (TPSA) is 88.9 Å². The molecule has 1 aromatic heterocycles. The molecule has 1 aliphatic carbocycles. The van der Waals surface area contributed by atoms with E-state index in [1.54, 1.807) is 0 Å². The highest BCUT2D eigenvalue weighted by atomic mass is 32.2. The van der Waals surface area contributed by atoms with Crippen molar-refractivity contribution in [2.45, 2.75) is 63.6 Å². The van der Waals surface area contributed by atoms with E-state index >= 15 is 0 Å². The van der Waals surface area contributed by atoms with Crippen LogP contribution < -0.4 is 10.6 Å². The molecule has 0 radical (unpaired) electrons. The summed E-state index contributed by atoms with van der Waals surface area (Å²) in [7, 11) is 0. The van der Waals surface area contributed by atoms with Crippen molar-refractivity contribution in [3.05, 3.63) is 30.1 Å². The highest BCUT2D eigenvalue weighted by molar-refractivity contribution is 7.99. The molecule has 8 heteroatoms. The molecule has 2 amide bonds. The third-order valence-electron chi connectivity index (χ3n) is 4.72. The van der Waals surface area contributed by atoms with Crippen molar-refractivity contribution >= 4 is 29.3 Å². The number of aromatic nitrogens is 3. The first-order valence-corrected chi connectivity index (χ1v) is 10.5. The SMILES string of the molecule is CCC(C)(C)NC(=O)CSc1nnc(C2CC2)n1-c1cccc(NC(C)=O)c1. The number of benzene rings is 1. The summed E-state index contributed by atoms with van der Waals surface area (Å²) >= 11 is 1.38. The molecule has 2 N–H and O–H groups in total. The Kier molecular flexibility index (Phi) is 6.07. The Labute approximate surface area is 169 Å². The first kappa shape index (κ1) is 20.4. The molecule has 1 fully saturated rings. The Morgan fingerprint density at radius 1 is 1.29 bits per heavy atom. The molecule has 3 rings (SSSR count). The van der Waals surface area contributed by atoms with Crippen LogP contribution in [0, 0.1) is 0 Å². The van der Waals surface area contributed by atoms with Gasteiger partial charge in [-0.2, -0.15) is 0 Å². The van der Waals surface area contributed by atoms with Crippen molar-refractivity contribution in [1.29, 1.82) is 0 Å². The number of carbonyl (C=O) groups excluding carboxylic acids is 2. The zero-order chi connectivity index (χ0) is 20.3. The number of rotatable bonds is 8. The van der Waals surface area contributed by atoms with E-state index in [1.165, 1.54) is 18.7 Å². The third kappa shape index (κ3) is 5.13. The quantitative estimate of drug-likeness (QED) is 0.661. The number of thioether (sulfide) groups is 1. The minimum Gasteiger partial charge on any atom is -0.351 e. The number of carbonyl (C=O) groups is 2. The molecule has 28 heavy (non-hydrogen) atoms. The lowest BCUT2D eigenvalue weighted by atomic mass is 10.0. The number of hydrogen-bond donors (Lipinski definition) is 2. The van der Waals surface area contributed by atoms with Gasteiger partial charge in [-0.25, -0.2) is 0 Å². The number of amides is 2. The van der Waals surface area contributed by atoms with E-state index in [9.17, 15) is 9.59 Å². The number of anilines is 1. The Morgan fingerprint density at radius 2 is 2.04 bits per heavy atom. The van der Waals surface area contributed by atoms with Gasteiger partial charge in [-0.15, -0.1) is 10.2 Å². The average Bonchev–Trinajstić information content (AvgIpc) is 3.38. The van der Waals surface area contributed by atoms with Crippen molar-refractivity contribution in [3.63, 3.8) is 0 Å². The van der Waals surface area contributed by atoms with E-state index in [2.05, 4.69) is 20.8 Å². The number of nitrogens with one attached hydrogen (secondary N) is 2. The molecule has 2 aromatic rings. The molecule has 0 saturated heterocycles. The minimum atomic E-state index is -0.225. The second-order valence-electron chi connectivity index (χ2n) is 7.76. The summed E-state index contributed by atoms with van der Waals surface area (Å²) < 4.78 is 2.01. The summed E-state index contributed by atoms with van der Waals surface area (Å²) in [5.74, 6) is 1.45. The molecule has 150 valence electrons. The van der Waals surface area contributed by atoms with Crippen LogP contribution in [0.4, 0.5) is 5.69 Å². The molecular weight excluding hydrogens is 374 g/mol. The molecule has 1 aromatic carbocycles. The maximum atomic E-state index is 12.3. The van der Waals surface area contributed by atoms with Gasteiger partial charge in [-0.05, 0) is 51.3 Å². The summed E-state index contributed by atoms with van der Waals surface area (Å²) in [6.45, 7) is 7.56. The van der Waals surface area contributed by atoms with Gasteiger partial charge in [-0.1, -0.05) is 24.8 Å². The maximum absolute atomic E-state index is 12.3. The predicted molar refractivity (Wildman–Crippen MR) is 111 cm³/mol. The van der Waals surface area contributed by atoms with Crippen molar-refractivity contribution in [3.8, 4) is 5.69 Å². The Morgan fingerprint density at radius 3 is 2.68 bits per heavy atom. The van der Waals surface area contributed by atoms with Gasteiger partial charge in [0.15, 0.2) is 5.16 Å². The average molecular weight is 402 g/mol. The van der Waals surface area contributed by atoms with E-state index in [1.807, 2.05) is 49.6 Å². The van der Waals surface area contributed by atoms with Gasteiger partial charge in [0.25, 0.3) is 0 Å². The fourth-order valence-corrected chi connectivity index (χ4v) is 3.54. The lowest BCUT2D eigenvalue weighted by Gasteiger charge is -2.24. The van der Waals surface area contributed by atoms with Crippen molar-refractivity contribution in [2.24, 2.45) is 0 Å². The van der Waals surface area contributed by atoms with Gasteiger partial charge in [0, 0.05) is 24.1 Å². The van der Waals surface area contributed by atoms with Gasteiger partial charge >= 0.3 is 0 Å². The standard InChI is InChI=1S/C20H27N5O2S/c1-5-20(3,4)22-17(27)12-28-19-24-23-18(14-9-10-14)25(19)16-8-6-7-15(11-16)21-13(2)26/h6-8,11,14H,5,9-10,12H2,1-4H3,(H,21,26)(H,22,27). The second-order valence-corrected chi connectivity index (χ2v) is 8.70. The lowest BCUT2D eigenvalue weighted by molar-refractivity contribution is -0.120. The summed E-state index contributed by atoms with van der Waals surface area (Å²) in [6, 6.07) is 7.60. The van der Waals surface area contributed by atoms with Crippen LogP contribution in [-0.2, 0) is 9.59 Å². The molecule has 1 saturated carbocycles. The van der Waals surface area contributed by atoms with Gasteiger partial charge < -0.3 is 10.6 Å². The molecule has 0 unspecified atom stereocenters. The number of hydrogen-bond acceptors (Lipinski definition) is 5. The molecule has 1 heterocycles. The van der Waals surface area contributed by atoms with E-state index in [0.717, 1.165) is 36.5 Å². The maximum Gasteiger partial charge on any atom is 0.230 e. The van der Waals surface area contributed by atoms with Crippen LogP contribution >= 0.6 is 11.8 Å². The first-order chi connectivity index (χ1) is 13.3. The third-order valence-corrected chi connectivity index (χ3v) is 5.65. The molecule has 0 spiro atoms. The summed E-state index contributed by atoms with van der Waals surface area (Å²) in [4.78, 5) is 23.7. The molecule has 1 aliphatic rings. The molecular formula is C20H27N5O2S. The van der Waals surface area contributed by atoms with Crippen LogP contribution in [-0.4, -0.2) is 37.9 Å². The van der Waals surface area contributed by atoms with E-state index in [0.29, 0.717) is 11.1 Å². The Hall–Kier alpha value is -2.35. The highest BCUT2D eigenvalue weighted by Gasteiger charge is 2.31. The highest BCUT2D eigenvalue weighted by Crippen LogP contribution is 2.41. The second kappa shape index (κ2) is 8.34. The van der Waals surface area contributed by atoms with Gasteiger partial charge in [0.1, 0.15) is 5.82 Å². The Bertz CT molecular complexity index is 873. The largest absolute Gasteiger partial charge is 0.351 e. The predicted octanol–water partition coefficient (Wildman–Crippen LogP) is 3.50. The fourth-order valence-electron chi connectivity index (χ4n) is 2.78. The smallest absolute Gasteiger partial charge is 0.230 e. The molecule has 0 atom stereocenters. The zero-order valence-corrected chi connectivity index (χ0v) is 17.6. The van der Waals surface area contributed by atoms with E-state index < -0.39 is 0 Å². The first-order valence-electron chi connectivity index (χ1n) is 9.56. The van der Waals surface area contributed by atoms with E-state index in [-0.39, 0.29) is 23.1 Å². The zero-order valence-electron chi connectivity index (χ0n) is 16.8. The van der Waals surface area contributed by atoms with E-state index in [4.69, 9.17) is 0 Å². The van der Waals surface area contributed by atoms with Crippen molar-refractivity contribution in [1.82, 2.24) is 20.1 Å². The minimum absolute atomic E-state index is 0.0219.